The average Bonchev–Trinajstić information content (AvgIpc) is 3.32. The third-order valence-electron chi connectivity index (χ3n) is 5.16. The van der Waals surface area contributed by atoms with Crippen LogP contribution in [0.4, 0.5) is 0 Å². The molecule has 116 valence electrons. The Labute approximate surface area is 129 Å². The zero-order valence-corrected chi connectivity index (χ0v) is 13.6. The minimum Gasteiger partial charge on any atom is -0.307 e. The minimum atomic E-state index is 0.585. The van der Waals surface area contributed by atoms with Crippen molar-refractivity contribution in [1.29, 1.82) is 0 Å². The van der Waals surface area contributed by atoms with Gasteiger partial charge in [-0.2, -0.15) is 0 Å². The van der Waals surface area contributed by atoms with E-state index < -0.39 is 0 Å². The first-order valence-corrected chi connectivity index (χ1v) is 8.79. The summed E-state index contributed by atoms with van der Waals surface area (Å²) in [5, 5.41) is 4.01. The molecule has 2 nitrogen and oxygen atoms in total. The summed E-state index contributed by atoms with van der Waals surface area (Å²) < 4.78 is 0. The second-order valence-corrected chi connectivity index (χ2v) is 7.15. The molecule has 2 heteroatoms. The van der Waals surface area contributed by atoms with E-state index in [4.69, 9.17) is 0 Å². The van der Waals surface area contributed by atoms with Gasteiger partial charge in [-0.05, 0) is 70.5 Å². The Bertz CT molecular complexity index is 424. The van der Waals surface area contributed by atoms with Crippen molar-refractivity contribution in [3.8, 4) is 0 Å². The lowest BCUT2D eigenvalue weighted by Crippen LogP contribution is -2.36. The Hall–Kier alpha value is -0.860. The highest BCUT2D eigenvalue weighted by atomic mass is 15.2. The number of rotatable bonds is 5. The van der Waals surface area contributed by atoms with Crippen molar-refractivity contribution in [2.24, 2.45) is 5.92 Å². The third-order valence-corrected chi connectivity index (χ3v) is 5.16. The summed E-state index contributed by atoms with van der Waals surface area (Å²) in [4.78, 5) is 2.64. The standard InChI is InChI=1S/C19H30N2/c1-15(2)21-13-6-9-18(12-14-21)20-19(17-10-11-17)16-7-4-3-5-8-16/h3-5,7-8,15,17-20H,6,9-14H2,1-2H3. The number of nitrogens with zero attached hydrogens (tertiary/aromatic N) is 1. The summed E-state index contributed by atoms with van der Waals surface area (Å²) in [5.41, 5.74) is 1.49. The molecule has 3 rings (SSSR count). The summed E-state index contributed by atoms with van der Waals surface area (Å²) >= 11 is 0. The maximum Gasteiger partial charge on any atom is 0.0351 e. The highest BCUT2D eigenvalue weighted by Gasteiger charge is 2.33. The van der Waals surface area contributed by atoms with Crippen LogP contribution in [0.3, 0.4) is 0 Å². The molecule has 0 aromatic heterocycles. The van der Waals surface area contributed by atoms with Crippen molar-refractivity contribution in [1.82, 2.24) is 10.2 Å². The normalized spacial score (nSPS) is 25.8. The predicted molar refractivity (Wildman–Crippen MR) is 89.4 cm³/mol. The molecule has 1 N–H and O–H groups in total. The van der Waals surface area contributed by atoms with Gasteiger partial charge in [-0.1, -0.05) is 30.3 Å². The molecule has 1 heterocycles. The average molecular weight is 286 g/mol. The van der Waals surface area contributed by atoms with Gasteiger partial charge < -0.3 is 10.2 Å². The zero-order chi connectivity index (χ0) is 14.7. The molecular weight excluding hydrogens is 256 g/mol. The van der Waals surface area contributed by atoms with Gasteiger partial charge in [0.05, 0.1) is 0 Å². The monoisotopic (exact) mass is 286 g/mol. The van der Waals surface area contributed by atoms with Crippen molar-refractivity contribution in [3.63, 3.8) is 0 Å². The van der Waals surface area contributed by atoms with Crippen LogP contribution in [0.25, 0.3) is 0 Å². The van der Waals surface area contributed by atoms with Gasteiger partial charge in [0.25, 0.3) is 0 Å². The fourth-order valence-corrected chi connectivity index (χ4v) is 3.65. The molecule has 0 spiro atoms. The fourth-order valence-electron chi connectivity index (χ4n) is 3.65. The first kappa shape index (κ1) is 15.1. The van der Waals surface area contributed by atoms with Gasteiger partial charge in [-0.3, -0.25) is 0 Å². The van der Waals surface area contributed by atoms with Gasteiger partial charge in [0.1, 0.15) is 0 Å². The second kappa shape index (κ2) is 6.93. The predicted octanol–water partition coefficient (Wildman–Crippen LogP) is 3.99. The van der Waals surface area contributed by atoms with E-state index in [0.717, 1.165) is 5.92 Å². The van der Waals surface area contributed by atoms with Gasteiger partial charge >= 0.3 is 0 Å². The largest absolute Gasteiger partial charge is 0.307 e. The zero-order valence-electron chi connectivity index (χ0n) is 13.6. The molecule has 2 atom stereocenters. The van der Waals surface area contributed by atoms with Crippen molar-refractivity contribution in [2.75, 3.05) is 13.1 Å². The molecule has 1 aliphatic heterocycles. The van der Waals surface area contributed by atoms with Crippen molar-refractivity contribution in [3.05, 3.63) is 35.9 Å². The molecule has 1 saturated carbocycles. The molecule has 0 amide bonds. The van der Waals surface area contributed by atoms with Crippen LogP contribution < -0.4 is 5.32 Å². The smallest absolute Gasteiger partial charge is 0.0351 e. The highest BCUT2D eigenvalue weighted by Crippen LogP contribution is 2.41. The molecule has 0 bridgehead atoms. The van der Waals surface area contributed by atoms with Gasteiger partial charge in [-0.15, -0.1) is 0 Å². The molecule has 1 aromatic carbocycles. The number of likely N-dealkylation sites (tertiary alicyclic amines) is 1. The van der Waals surface area contributed by atoms with Crippen LogP contribution in [0.15, 0.2) is 30.3 Å². The lowest BCUT2D eigenvalue weighted by Gasteiger charge is -2.27. The number of nitrogens with one attached hydrogen (secondary N) is 1. The molecule has 1 aliphatic carbocycles. The second-order valence-electron chi connectivity index (χ2n) is 7.15. The molecular formula is C19H30N2. The van der Waals surface area contributed by atoms with Gasteiger partial charge in [0.2, 0.25) is 0 Å². The Morgan fingerprint density at radius 1 is 1.00 bits per heavy atom. The topological polar surface area (TPSA) is 15.3 Å². The van der Waals surface area contributed by atoms with Gasteiger partial charge in [0, 0.05) is 18.1 Å². The summed E-state index contributed by atoms with van der Waals surface area (Å²) in [6, 6.07) is 13.1. The summed E-state index contributed by atoms with van der Waals surface area (Å²) in [5.74, 6) is 0.872. The maximum atomic E-state index is 4.01. The first-order valence-electron chi connectivity index (χ1n) is 8.79. The van der Waals surface area contributed by atoms with Crippen LogP contribution in [0.2, 0.25) is 0 Å². The lowest BCUT2D eigenvalue weighted by molar-refractivity contribution is 0.228. The van der Waals surface area contributed by atoms with E-state index in [0.29, 0.717) is 18.1 Å². The van der Waals surface area contributed by atoms with Gasteiger partial charge in [-0.25, -0.2) is 0 Å². The van der Waals surface area contributed by atoms with Crippen molar-refractivity contribution in [2.45, 2.75) is 64.1 Å². The molecule has 1 saturated heterocycles. The van der Waals surface area contributed by atoms with E-state index in [1.807, 2.05) is 0 Å². The highest BCUT2D eigenvalue weighted by molar-refractivity contribution is 5.21. The van der Waals surface area contributed by atoms with Crippen LogP contribution in [-0.2, 0) is 0 Å². The van der Waals surface area contributed by atoms with E-state index >= 15 is 0 Å². The molecule has 21 heavy (non-hydrogen) atoms. The Morgan fingerprint density at radius 2 is 1.76 bits per heavy atom. The third kappa shape index (κ3) is 4.08. The van der Waals surface area contributed by atoms with Crippen LogP contribution in [0.1, 0.15) is 57.6 Å². The maximum absolute atomic E-state index is 4.01. The van der Waals surface area contributed by atoms with Crippen molar-refractivity contribution >= 4 is 0 Å². The van der Waals surface area contributed by atoms with E-state index in [9.17, 15) is 0 Å². The Morgan fingerprint density at radius 3 is 2.43 bits per heavy atom. The van der Waals surface area contributed by atoms with Crippen molar-refractivity contribution < 1.29 is 0 Å². The molecule has 2 fully saturated rings. The number of benzene rings is 1. The lowest BCUT2D eigenvalue weighted by atomic mass is 9.99. The minimum absolute atomic E-state index is 0.585. The summed E-state index contributed by atoms with van der Waals surface area (Å²) in [7, 11) is 0. The summed E-state index contributed by atoms with van der Waals surface area (Å²) in [6.45, 7) is 7.17. The quantitative estimate of drug-likeness (QED) is 0.880. The molecule has 0 radical (unpaired) electrons. The summed E-state index contributed by atoms with van der Waals surface area (Å²) in [6.07, 6.45) is 6.77. The Balaban J connectivity index is 1.61. The van der Waals surface area contributed by atoms with E-state index in [1.54, 1.807) is 0 Å². The van der Waals surface area contributed by atoms with Gasteiger partial charge in [0.15, 0.2) is 0 Å². The van der Waals surface area contributed by atoms with E-state index in [1.165, 1.54) is 50.8 Å². The number of hydrogen-bond acceptors (Lipinski definition) is 2. The van der Waals surface area contributed by atoms with Crippen LogP contribution in [0, 0.1) is 5.92 Å². The van der Waals surface area contributed by atoms with Crippen LogP contribution >= 0.6 is 0 Å². The molecule has 2 aliphatic rings. The fraction of sp³-hybridized carbons (Fsp3) is 0.684. The first-order chi connectivity index (χ1) is 10.2. The van der Waals surface area contributed by atoms with E-state index in [2.05, 4.69) is 54.4 Å². The van der Waals surface area contributed by atoms with Crippen LogP contribution in [0.5, 0.6) is 0 Å². The number of hydrogen-bond donors (Lipinski definition) is 1. The molecule has 2 unspecified atom stereocenters. The molecule has 1 aromatic rings. The van der Waals surface area contributed by atoms with Crippen LogP contribution in [-0.4, -0.2) is 30.1 Å². The van der Waals surface area contributed by atoms with E-state index in [-0.39, 0.29) is 0 Å². The SMILES string of the molecule is CC(C)N1CCCC(NC(c2ccccc2)C2CC2)CC1. The Kier molecular flexibility index (Phi) is 4.97.